The van der Waals surface area contributed by atoms with E-state index in [9.17, 15) is 0 Å². The van der Waals surface area contributed by atoms with Crippen LogP contribution in [-0.4, -0.2) is 64.3 Å². The molecule has 0 N–H and O–H groups in total. The van der Waals surface area contributed by atoms with Crippen molar-refractivity contribution in [3.63, 3.8) is 0 Å². The zero-order chi connectivity index (χ0) is 10.5. The molecule has 0 aromatic heterocycles. The molecule has 0 aromatic rings. The molecule has 0 aliphatic heterocycles. The Morgan fingerprint density at radius 3 is 1.69 bits per heavy atom. The topological polar surface area (TPSA) is 0 Å². The van der Waals surface area contributed by atoms with Crippen molar-refractivity contribution in [2.45, 2.75) is 6.42 Å². The van der Waals surface area contributed by atoms with E-state index in [2.05, 4.69) is 54.4 Å². The summed E-state index contributed by atoms with van der Waals surface area (Å²) in [7, 11) is 13.3. The monoisotopic (exact) mass is 186 g/mol. The molecule has 0 heterocycles. The third-order valence-electron chi connectivity index (χ3n) is 1.79. The Morgan fingerprint density at radius 1 is 0.769 bits per heavy atom. The largest absolute Gasteiger partial charge is 0.331 e. The highest BCUT2D eigenvalue weighted by atomic mass is 15.3. The van der Waals surface area contributed by atoms with Crippen LogP contribution in [0, 0.1) is 0 Å². The van der Waals surface area contributed by atoms with Crippen LogP contribution in [0.3, 0.4) is 0 Å². The first kappa shape index (κ1) is 12.7. The van der Waals surface area contributed by atoms with Crippen LogP contribution in [0.1, 0.15) is 6.42 Å². The van der Waals surface area contributed by atoms with Gasteiger partial charge in [-0.15, -0.1) is 0 Å². The summed E-state index contributed by atoms with van der Waals surface area (Å²) < 4.78 is 2.07. The SMILES string of the molecule is C[N+](C)(C)C/C=C/CC[N+](C)(C)C. The Bertz CT molecular complexity index is 158. The average Bonchev–Trinajstić information content (AvgIpc) is 1.81. The second-order valence-corrected chi connectivity index (χ2v) is 5.75. The molecule has 0 aromatic carbocycles. The Kier molecular flexibility index (Phi) is 4.65. The first-order valence-corrected chi connectivity index (χ1v) is 4.97. The summed E-state index contributed by atoms with van der Waals surface area (Å²) in [5, 5.41) is 0. The highest BCUT2D eigenvalue weighted by Crippen LogP contribution is 1.96. The summed E-state index contributed by atoms with van der Waals surface area (Å²) in [5.74, 6) is 0. The lowest BCUT2D eigenvalue weighted by atomic mass is 10.3. The fraction of sp³-hybridized carbons (Fsp3) is 0.818. The molecule has 0 radical (unpaired) electrons. The van der Waals surface area contributed by atoms with E-state index in [4.69, 9.17) is 0 Å². The molecule has 2 heteroatoms. The summed E-state index contributed by atoms with van der Waals surface area (Å²) in [4.78, 5) is 0. The first-order chi connectivity index (χ1) is 5.71. The fourth-order valence-electron chi connectivity index (χ4n) is 0.970. The van der Waals surface area contributed by atoms with Gasteiger partial charge in [-0.25, -0.2) is 0 Å². The van der Waals surface area contributed by atoms with Crippen molar-refractivity contribution in [3.05, 3.63) is 12.2 Å². The number of hydrogen-bond acceptors (Lipinski definition) is 0. The van der Waals surface area contributed by atoms with E-state index >= 15 is 0 Å². The van der Waals surface area contributed by atoms with E-state index in [-0.39, 0.29) is 0 Å². The molecular formula is C11H26N2+2. The summed E-state index contributed by atoms with van der Waals surface area (Å²) in [6.45, 7) is 2.34. The van der Waals surface area contributed by atoms with Gasteiger partial charge in [0.25, 0.3) is 0 Å². The van der Waals surface area contributed by atoms with Crippen LogP contribution >= 0.6 is 0 Å². The smallest absolute Gasteiger partial charge is 0.0967 e. The lowest BCUT2D eigenvalue weighted by molar-refractivity contribution is -0.870. The van der Waals surface area contributed by atoms with E-state index in [1.807, 2.05) is 0 Å². The minimum atomic E-state index is 1.01. The highest BCUT2D eigenvalue weighted by Gasteiger charge is 2.04. The van der Waals surface area contributed by atoms with Crippen LogP contribution in [-0.2, 0) is 0 Å². The number of rotatable bonds is 5. The lowest BCUT2D eigenvalue weighted by Gasteiger charge is -2.23. The maximum Gasteiger partial charge on any atom is 0.0967 e. The van der Waals surface area contributed by atoms with Gasteiger partial charge in [0.05, 0.1) is 55.4 Å². The molecule has 0 atom stereocenters. The van der Waals surface area contributed by atoms with Crippen molar-refractivity contribution < 1.29 is 8.97 Å². The van der Waals surface area contributed by atoms with Gasteiger partial charge in [0.2, 0.25) is 0 Å². The Labute approximate surface area is 83.6 Å². The molecule has 0 saturated heterocycles. The predicted molar refractivity (Wildman–Crippen MR) is 59.6 cm³/mol. The maximum atomic E-state index is 2.30. The Morgan fingerprint density at radius 2 is 1.31 bits per heavy atom. The normalized spacial score (nSPS) is 14.0. The van der Waals surface area contributed by atoms with Crippen molar-refractivity contribution in [1.82, 2.24) is 0 Å². The molecule has 2 nitrogen and oxygen atoms in total. The standard InChI is InChI=1S/C11H26N2/c1-12(2,3)10-8-7-9-11-13(4,5)6/h7-8H,9-11H2,1-6H3/q+2/b8-7+. The molecular weight excluding hydrogens is 160 g/mol. The van der Waals surface area contributed by atoms with E-state index in [0.29, 0.717) is 0 Å². The number of quaternary nitrogens is 2. The fourth-order valence-corrected chi connectivity index (χ4v) is 0.970. The molecule has 78 valence electrons. The summed E-state index contributed by atoms with van der Waals surface area (Å²) in [6.07, 6.45) is 5.77. The summed E-state index contributed by atoms with van der Waals surface area (Å²) in [6, 6.07) is 0. The van der Waals surface area contributed by atoms with Crippen molar-refractivity contribution >= 4 is 0 Å². The number of nitrogens with zero attached hydrogens (tertiary/aromatic N) is 2. The van der Waals surface area contributed by atoms with Gasteiger partial charge in [0.1, 0.15) is 0 Å². The summed E-state index contributed by atoms with van der Waals surface area (Å²) >= 11 is 0. The van der Waals surface area contributed by atoms with Gasteiger partial charge in [-0.1, -0.05) is 6.08 Å². The van der Waals surface area contributed by atoms with E-state index < -0.39 is 0 Å². The molecule has 0 unspecified atom stereocenters. The highest BCUT2D eigenvalue weighted by molar-refractivity contribution is 4.80. The lowest BCUT2D eigenvalue weighted by Crippen LogP contribution is -2.35. The molecule has 0 fully saturated rings. The second-order valence-electron chi connectivity index (χ2n) is 5.75. The first-order valence-electron chi connectivity index (χ1n) is 4.97. The number of hydrogen-bond donors (Lipinski definition) is 0. The van der Waals surface area contributed by atoms with Crippen molar-refractivity contribution in [2.75, 3.05) is 55.4 Å². The molecule has 0 aliphatic rings. The Hall–Kier alpha value is -0.340. The molecule has 0 spiro atoms. The molecule has 0 aliphatic carbocycles. The van der Waals surface area contributed by atoms with Gasteiger partial charge in [-0.05, 0) is 6.08 Å². The van der Waals surface area contributed by atoms with E-state index in [1.165, 1.54) is 13.0 Å². The molecule has 0 rings (SSSR count). The average molecular weight is 186 g/mol. The third kappa shape index (κ3) is 11.7. The van der Waals surface area contributed by atoms with Gasteiger partial charge in [0, 0.05) is 6.42 Å². The van der Waals surface area contributed by atoms with Crippen LogP contribution in [0.2, 0.25) is 0 Å². The molecule has 0 amide bonds. The van der Waals surface area contributed by atoms with Crippen LogP contribution in [0.4, 0.5) is 0 Å². The zero-order valence-electron chi connectivity index (χ0n) is 10.2. The second kappa shape index (κ2) is 4.77. The number of likely N-dealkylation sites (N-methyl/N-ethyl adjacent to an activating group) is 1. The van der Waals surface area contributed by atoms with Crippen molar-refractivity contribution in [1.29, 1.82) is 0 Å². The van der Waals surface area contributed by atoms with E-state index in [0.717, 1.165) is 15.5 Å². The van der Waals surface area contributed by atoms with Crippen LogP contribution < -0.4 is 0 Å². The van der Waals surface area contributed by atoms with Gasteiger partial charge in [0.15, 0.2) is 0 Å². The Balaban J connectivity index is 3.55. The predicted octanol–water partition coefficient (Wildman–Crippen LogP) is 1.35. The van der Waals surface area contributed by atoms with E-state index in [1.54, 1.807) is 0 Å². The molecule has 13 heavy (non-hydrogen) atoms. The van der Waals surface area contributed by atoms with Gasteiger partial charge in [-0.2, -0.15) is 0 Å². The van der Waals surface area contributed by atoms with Gasteiger partial charge in [-0.3, -0.25) is 0 Å². The summed E-state index contributed by atoms with van der Waals surface area (Å²) in [5.41, 5.74) is 0. The quantitative estimate of drug-likeness (QED) is 0.449. The minimum absolute atomic E-state index is 1.01. The maximum absolute atomic E-state index is 2.30. The van der Waals surface area contributed by atoms with Crippen molar-refractivity contribution in [2.24, 2.45) is 0 Å². The molecule has 0 saturated carbocycles. The minimum Gasteiger partial charge on any atom is -0.331 e. The third-order valence-corrected chi connectivity index (χ3v) is 1.79. The zero-order valence-corrected chi connectivity index (χ0v) is 10.2. The van der Waals surface area contributed by atoms with Crippen molar-refractivity contribution in [3.8, 4) is 0 Å². The van der Waals surface area contributed by atoms with Gasteiger partial charge < -0.3 is 8.97 Å². The van der Waals surface area contributed by atoms with Crippen LogP contribution in [0.15, 0.2) is 12.2 Å². The molecule has 0 bridgehead atoms. The van der Waals surface area contributed by atoms with Crippen LogP contribution in [0.25, 0.3) is 0 Å². The van der Waals surface area contributed by atoms with Gasteiger partial charge >= 0.3 is 0 Å². The van der Waals surface area contributed by atoms with Crippen LogP contribution in [0.5, 0.6) is 0 Å².